The third-order valence-electron chi connectivity index (χ3n) is 5.30. The highest BCUT2D eigenvalue weighted by atomic mass is 32.2. The van der Waals surface area contributed by atoms with Crippen LogP contribution >= 0.6 is 0 Å². The molecule has 2 aromatic rings. The molecule has 178 valence electrons. The number of carbonyl (C=O) groups is 2. The van der Waals surface area contributed by atoms with Crippen LogP contribution in [0.15, 0.2) is 53.4 Å². The van der Waals surface area contributed by atoms with Crippen molar-refractivity contribution < 1.29 is 32.2 Å². The average Bonchev–Trinajstić information content (AvgIpc) is 2.99. The smallest absolute Gasteiger partial charge is 0.325 e. The quantitative estimate of drug-likeness (QED) is 0.552. The van der Waals surface area contributed by atoms with Crippen molar-refractivity contribution in [1.29, 1.82) is 0 Å². The standard InChI is InChI=1S/C23H28N2O7S/c1-30-18-11-12-20(31-2)21(14-18)33(28,29)24-19-10-6-7-13-25(23(19)27)15-22(26)32-16-17-8-4-3-5-9-17/h3-5,8-9,11-12,14,19,24H,6-7,10,13,15-16H2,1-2H3. The number of ether oxygens (including phenoxy) is 3. The summed E-state index contributed by atoms with van der Waals surface area (Å²) in [4.78, 5) is 26.6. The molecule has 1 saturated heterocycles. The van der Waals surface area contributed by atoms with Gasteiger partial charge in [0.25, 0.3) is 0 Å². The Kier molecular flexibility index (Phi) is 8.29. The molecule has 1 aliphatic rings. The first-order valence-corrected chi connectivity index (χ1v) is 12.0. The molecule has 0 saturated carbocycles. The van der Waals surface area contributed by atoms with Crippen molar-refractivity contribution >= 4 is 21.9 Å². The lowest BCUT2D eigenvalue weighted by molar-refractivity contribution is -0.150. The predicted octanol–water partition coefficient (Wildman–Crippen LogP) is 2.11. The Balaban J connectivity index is 1.69. The monoisotopic (exact) mass is 476 g/mol. The van der Waals surface area contributed by atoms with Crippen molar-refractivity contribution in [3.63, 3.8) is 0 Å². The van der Waals surface area contributed by atoms with Crippen LogP contribution in [-0.4, -0.2) is 58.5 Å². The minimum absolute atomic E-state index is 0.105. The van der Waals surface area contributed by atoms with Crippen molar-refractivity contribution in [1.82, 2.24) is 9.62 Å². The summed E-state index contributed by atoms with van der Waals surface area (Å²) in [6, 6.07) is 12.6. The minimum atomic E-state index is -4.10. The van der Waals surface area contributed by atoms with Gasteiger partial charge in [-0.15, -0.1) is 0 Å². The van der Waals surface area contributed by atoms with Gasteiger partial charge in [-0.05, 0) is 37.0 Å². The first-order valence-electron chi connectivity index (χ1n) is 10.6. The Hall–Kier alpha value is -3.11. The molecule has 1 amide bonds. The predicted molar refractivity (Wildman–Crippen MR) is 120 cm³/mol. The number of methoxy groups -OCH3 is 2. The van der Waals surface area contributed by atoms with E-state index in [0.29, 0.717) is 31.6 Å². The van der Waals surface area contributed by atoms with Gasteiger partial charge >= 0.3 is 5.97 Å². The summed E-state index contributed by atoms with van der Waals surface area (Å²) in [5.74, 6) is -0.545. The van der Waals surface area contributed by atoms with Gasteiger partial charge < -0.3 is 19.1 Å². The number of nitrogens with one attached hydrogen (secondary N) is 1. The fourth-order valence-electron chi connectivity index (χ4n) is 3.56. The van der Waals surface area contributed by atoms with E-state index in [0.717, 1.165) is 5.56 Å². The third-order valence-corrected chi connectivity index (χ3v) is 6.79. The molecular formula is C23H28N2O7S. The van der Waals surface area contributed by atoms with E-state index < -0.39 is 27.9 Å². The number of carbonyl (C=O) groups excluding carboxylic acids is 2. The number of benzene rings is 2. The summed E-state index contributed by atoms with van der Waals surface area (Å²) >= 11 is 0. The van der Waals surface area contributed by atoms with Crippen LogP contribution in [0.4, 0.5) is 0 Å². The molecule has 3 rings (SSSR count). The molecule has 1 fully saturated rings. The van der Waals surface area contributed by atoms with Crippen LogP contribution in [0.5, 0.6) is 11.5 Å². The second kappa shape index (κ2) is 11.2. The second-order valence-corrected chi connectivity index (χ2v) is 9.27. The van der Waals surface area contributed by atoms with Gasteiger partial charge in [-0.25, -0.2) is 8.42 Å². The summed E-state index contributed by atoms with van der Waals surface area (Å²) in [7, 11) is -1.31. The summed E-state index contributed by atoms with van der Waals surface area (Å²) in [5.41, 5.74) is 0.839. The number of rotatable bonds is 9. The van der Waals surface area contributed by atoms with Crippen LogP contribution in [0, 0.1) is 0 Å². The van der Waals surface area contributed by atoms with Crippen LogP contribution in [0.25, 0.3) is 0 Å². The molecule has 0 aliphatic carbocycles. The highest BCUT2D eigenvalue weighted by Crippen LogP contribution is 2.28. The summed E-state index contributed by atoms with van der Waals surface area (Å²) in [5, 5.41) is 0. The van der Waals surface area contributed by atoms with E-state index >= 15 is 0 Å². The maximum Gasteiger partial charge on any atom is 0.325 e. The van der Waals surface area contributed by atoms with Gasteiger partial charge in [0.1, 0.15) is 35.6 Å². The van der Waals surface area contributed by atoms with E-state index in [9.17, 15) is 18.0 Å². The van der Waals surface area contributed by atoms with E-state index in [-0.39, 0.29) is 23.8 Å². The molecule has 1 heterocycles. The van der Waals surface area contributed by atoms with Gasteiger partial charge in [0, 0.05) is 12.6 Å². The fraction of sp³-hybridized carbons (Fsp3) is 0.391. The Bertz CT molecular complexity index is 1070. The van der Waals surface area contributed by atoms with Crippen molar-refractivity contribution in [2.24, 2.45) is 0 Å². The van der Waals surface area contributed by atoms with Crippen LogP contribution in [0.2, 0.25) is 0 Å². The van der Waals surface area contributed by atoms with Gasteiger partial charge in [-0.2, -0.15) is 4.72 Å². The molecule has 1 N–H and O–H groups in total. The maximum absolute atomic E-state index is 13.1. The molecule has 1 aliphatic heterocycles. The molecule has 1 unspecified atom stereocenters. The van der Waals surface area contributed by atoms with Gasteiger partial charge in [0.05, 0.1) is 14.2 Å². The first kappa shape index (κ1) is 24.5. The van der Waals surface area contributed by atoms with Crippen LogP contribution < -0.4 is 14.2 Å². The Morgan fingerprint density at radius 2 is 1.85 bits per heavy atom. The van der Waals surface area contributed by atoms with E-state index in [4.69, 9.17) is 14.2 Å². The van der Waals surface area contributed by atoms with Crippen LogP contribution in [0.1, 0.15) is 24.8 Å². The highest BCUT2D eigenvalue weighted by Gasteiger charge is 2.33. The zero-order valence-electron chi connectivity index (χ0n) is 18.7. The van der Waals surface area contributed by atoms with Crippen molar-refractivity contribution in [3.05, 3.63) is 54.1 Å². The van der Waals surface area contributed by atoms with Crippen LogP contribution in [-0.2, 0) is 31.0 Å². The van der Waals surface area contributed by atoms with E-state index in [1.165, 1.54) is 31.3 Å². The molecule has 0 bridgehead atoms. The third kappa shape index (κ3) is 6.45. The lowest BCUT2D eigenvalue weighted by Gasteiger charge is -2.24. The molecule has 33 heavy (non-hydrogen) atoms. The number of likely N-dealkylation sites (tertiary alicyclic amines) is 1. The molecule has 10 heteroatoms. The van der Waals surface area contributed by atoms with Crippen molar-refractivity contribution in [3.8, 4) is 11.5 Å². The second-order valence-electron chi connectivity index (χ2n) is 7.59. The number of sulfonamides is 1. The minimum Gasteiger partial charge on any atom is -0.497 e. The highest BCUT2D eigenvalue weighted by molar-refractivity contribution is 7.89. The zero-order chi connectivity index (χ0) is 23.8. The molecule has 0 radical (unpaired) electrons. The maximum atomic E-state index is 13.1. The number of hydrogen-bond acceptors (Lipinski definition) is 7. The number of esters is 1. The zero-order valence-corrected chi connectivity index (χ0v) is 19.5. The van der Waals surface area contributed by atoms with Gasteiger partial charge in [0.15, 0.2) is 0 Å². The SMILES string of the molecule is COc1ccc(OC)c(S(=O)(=O)NC2CCCCN(CC(=O)OCc3ccccc3)C2=O)c1. The molecule has 0 spiro atoms. The molecule has 0 aromatic heterocycles. The van der Waals surface area contributed by atoms with E-state index in [1.807, 2.05) is 30.3 Å². The number of hydrogen-bond donors (Lipinski definition) is 1. The molecular weight excluding hydrogens is 448 g/mol. The largest absolute Gasteiger partial charge is 0.497 e. The van der Waals surface area contributed by atoms with Crippen LogP contribution in [0.3, 0.4) is 0 Å². The first-order chi connectivity index (χ1) is 15.8. The van der Waals surface area contributed by atoms with Crippen molar-refractivity contribution in [2.45, 2.75) is 36.8 Å². The molecule has 1 atom stereocenters. The average molecular weight is 477 g/mol. The normalized spacial score (nSPS) is 16.7. The lowest BCUT2D eigenvalue weighted by atomic mass is 10.1. The summed E-state index contributed by atoms with van der Waals surface area (Å²) in [6.45, 7) is 0.208. The van der Waals surface area contributed by atoms with E-state index in [2.05, 4.69) is 4.72 Å². The molecule has 2 aromatic carbocycles. The number of nitrogens with zero attached hydrogens (tertiary/aromatic N) is 1. The lowest BCUT2D eigenvalue weighted by Crippen LogP contribution is -2.48. The van der Waals surface area contributed by atoms with Gasteiger partial charge in [-0.1, -0.05) is 30.3 Å². The topological polar surface area (TPSA) is 111 Å². The van der Waals surface area contributed by atoms with Gasteiger partial charge in [-0.3, -0.25) is 9.59 Å². The number of amides is 1. The summed E-state index contributed by atoms with van der Waals surface area (Å²) in [6.07, 6.45) is 1.60. The van der Waals surface area contributed by atoms with E-state index in [1.54, 1.807) is 6.07 Å². The molecule has 9 nitrogen and oxygen atoms in total. The Morgan fingerprint density at radius 3 is 2.55 bits per heavy atom. The van der Waals surface area contributed by atoms with Gasteiger partial charge in [0.2, 0.25) is 15.9 Å². The summed E-state index contributed by atoms with van der Waals surface area (Å²) < 4.78 is 44.2. The fourth-order valence-corrected chi connectivity index (χ4v) is 4.96. The Morgan fingerprint density at radius 1 is 1.09 bits per heavy atom. The Labute approximate surface area is 193 Å². The van der Waals surface area contributed by atoms with Crippen molar-refractivity contribution in [2.75, 3.05) is 27.3 Å².